The second-order valence-corrected chi connectivity index (χ2v) is 8.48. The van der Waals surface area contributed by atoms with Gasteiger partial charge in [-0.05, 0) is 60.1 Å². The Morgan fingerprint density at radius 3 is 1.15 bits per heavy atom. The quantitative estimate of drug-likeness (QED) is 0.150. The minimum Gasteiger partial charge on any atom is -2.00 e. The van der Waals surface area contributed by atoms with Gasteiger partial charge in [-0.25, -0.2) is 0 Å². The van der Waals surface area contributed by atoms with E-state index in [-0.39, 0.29) is 85.4 Å². The van der Waals surface area contributed by atoms with E-state index in [1.807, 2.05) is 24.3 Å². The molecule has 0 aliphatic rings. The summed E-state index contributed by atoms with van der Waals surface area (Å²) >= 11 is 18.0. The van der Waals surface area contributed by atoms with E-state index in [9.17, 15) is 0 Å². The average Bonchev–Trinajstić information content (AvgIpc) is 2.67. The Hall–Kier alpha value is 1.49. The van der Waals surface area contributed by atoms with Crippen LogP contribution in [0, 0.1) is 0 Å². The van der Waals surface area contributed by atoms with Gasteiger partial charge in [0.15, 0.2) is 0 Å². The molecule has 33 heavy (non-hydrogen) atoms. The molecule has 2 nitrogen and oxygen atoms in total. The Morgan fingerprint density at radius 1 is 0.636 bits per heavy atom. The maximum Gasteiger partial charge on any atom is 2.00 e. The van der Waals surface area contributed by atoms with Crippen LogP contribution in [-0.2, 0) is 111 Å². The number of hydrogen-bond acceptors (Lipinski definition) is 2. The molecule has 0 amide bonds. The van der Waals surface area contributed by atoms with E-state index in [4.69, 9.17) is 24.4 Å². The Balaban J connectivity index is -0.000000138. The molecule has 0 aromatic heterocycles. The number of aryl methyl sites for hydroxylation is 2. The maximum atomic E-state index is 4.92. The topological polar surface area (TPSA) is 24.1 Å². The van der Waals surface area contributed by atoms with Crippen molar-refractivity contribution in [2.45, 2.75) is 53.4 Å². The first-order valence-corrected chi connectivity index (χ1v) is 11.3. The monoisotopic (exact) mass is 706 g/mol. The largest absolute Gasteiger partial charge is 2.00 e. The van der Waals surface area contributed by atoms with E-state index < -0.39 is 0 Å². The molecule has 168 valence electrons. The van der Waals surface area contributed by atoms with Crippen LogP contribution < -0.4 is 10.6 Å². The molecular formula is C22H30N2S6Zn3+2. The van der Waals surface area contributed by atoms with E-state index >= 15 is 0 Å². The Kier molecular flexibility index (Phi) is 33.9. The van der Waals surface area contributed by atoms with Crippen molar-refractivity contribution in [3.8, 4) is 0 Å². The van der Waals surface area contributed by atoms with Gasteiger partial charge in [0.25, 0.3) is 0 Å². The standard InChI is InChI=1S/2C11H15NS2.2S.3Zn/c2*1-3-8-6-5-7-10(9(8)4-2)12-11(13)14;;;;;/h2*5-7H,3-4H2,1-2H3,(H2,12,13,14);;;;;/q;;2*-2;3*+2. The molecule has 0 heterocycles. The molecule has 0 saturated carbocycles. The molecule has 0 radical (unpaired) electrons. The van der Waals surface area contributed by atoms with Gasteiger partial charge in [-0.2, -0.15) is 0 Å². The fraction of sp³-hybridized carbons (Fsp3) is 0.364. The number of nitrogens with one attached hydrogen (secondary N) is 2. The van der Waals surface area contributed by atoms with Crippen LogP contribution in [0.3, 0.4) is 0 Å². The van der Waals surface area contributed by atoms with E-state index in [0.29, 0.717) is 8.64 Å². The van der Waals surface area contributed by atoms with Crippen molar-refractivity contribution in [2.75, 3.05) is 10.6 Å². The molecule has 0 fully saturated rings. The Morgan fingerprint density at radius 2 is 0.939 bits per heavy atom. The molecule has 0 spiro atoms. The third-order valence-electron chi connectivity index (χ3n) is 4.50. The molecule has 2 rings (SSSR count). The second-order valence-electron chi connectivity index (χ2n) is 6.16. The SMILES string of the molecule is CCc1cccc(NC(=S)S)c1CC.CCc1cccc(NC(=S)S)c1CC.[S-2].[S-2].[Zn+2].[Zn+2].[Zn+2]. The van der Waals surface area contributed by atoms with Crippen molar-refractivity contribution in [1.29, 1.82) is 0 Å². The molecule has 0 bridgehead atoms. The predicted molar refractivity (Wildman–Crippen MR) is 156 cm³/mol. The van der Waals surface area contributed by atoms with E-state index in [0.717, 1.165) is 37.1 Å². The third kappa shape index (κ3) is 16.0. The van der Waals surface area contributed by atoms with Gasteiger partial charge in [-0.1, -0.05) is 76.4 Å². The number of hydrogen-bond donors (Lipinski definition) is 4. The summed E-state index contributed by atoms with van der Waals surface area (Å²) in [4.78, 5) is 0. The molecular weight excluding hydrogens is 681 g/mol. The van der Waals surface area contributed by atoms with Crippen LogP contribution in [0.15, 0.2) is 36.4 Å². The molecule has 2 aromatic rings. The van der Waals surface area contributed by atoms with E-state index in [1.54, 1.807) is 0 Å². The zero-order valence-corrected chi connectivity index (χ0v) is 33.9. The maximum absolute atomic E-state index is 4.92. The van der Waals surface area contributed by atoms with E-state index in [1.165, 1.54) is 22.3 Å². The van der Waals surface area contributed by atoms with Gasteiger partial charge < -0.3 is 37.6 Å². The summed E-state index contributed by atoms with van der Waals surface area (Å²) in [5, 5.41) is 6.19. The van der Waals surface area contributed by atoms with Gasteiger partial charge in [0.1, 0.15) is 8.64 Å². The summed E-state index contributed by atoms with van der Waals surface area (Å²) in [5.74, 6) is 0. The molecule has 0 atom stereocenters. The first kappa shape index (κ1) is 44.5. The summed E-state index contributed by atoms with van der Waals surface area (Å²) in [7, 11) is 0. The molecule has 0 aliphatic heterocycles. The van der Waals surface area contributed by atoms with Gasteiger partial charge in [-0.3, -0.25) is 0 Å². The summed E-state index contributed by atoms with van der Waals surface area (Å²) in [6.07, 6.45) is 4.14. The summed E-state index contributed by atoms with van der Waals surface area (Å²) in [5.41, 5.74) is 7.61. The Bertz CT molecular complexity index is 755. The van der Waals surface area contributed by atoms with Gasteiger partial charge >= 0.3 is 58.4 Å². The normalized spacial score (nSPS) is 8.42. The molecule has 11 heteroatoms. The predicted octanol–water partition coefficient (Wildman–Crippen LogP) is 6.86. The van der Waals surface area contributed by atoms with Crippen molar-refractivity contribution in [3.63, 3.8) is 0 Å². The molecule has 2 aromatic carbocycles. The van der Waals surface area contributed by atoms with Crippen molar-refractivity contribution < 1.29 is 58.4 Å². The van der Waals surface area contributed by atoms with Crippen LogP contribution in [0.1, 0.15) is 49.9 Å². The fourth-order valence-corrected chi connectivity index (χ4v) is 3.69. The van der Waals surface area contributed by atoms with Crippen LogP contribution in [0.5, 0.6) is 0 Å². The summed E-state index contributed by atoms with van der Waals surface area (Å²) < 4.78 is 1.04. The summed E-state index contributed by atoms with van der Waals surface area (Å²) in [6.45, 7) is 8.64. The summed E-state index contributed by atoms with van der Waals surface area (Å²) in [6, 6.07) is 12.5. The van der Waals surface area contributed by atoms with Crippen LogP contribution >= 0.6 is 49.7 Å². The number of thiol groups is 2. The number of thiocarbonyl (C=S) groups is 2. The van der Waals surface area contributed by atoms with Crippen LogP contribution in [-0.4, -0.2) is 8.64 Å². The molecule has 0 saturated heterocycles. The van der Waals surface area contributed by atoms with E-state index in [2.05, 4.69) is 75.7 Å². The first-order chi connectivity index (χ1) is 13.4. The average molecular weight is 711 g/mol. The van der Waals surface area contributed by atoms with Gasteiger partial charge in [0, 0.05) is 11.4 Å². The fourth-order valence-electron chi connectivity index (χ4n) is 3.23. The third-order valence-corrected chi connectivity index (χ3v) is 4.93. The minimum atomic E-state index is 0. The number of anilines is 2. The Labute approximate surface area is 274 Å². The van der Waals surface area contributed by atoms with Gasteiger partial charge in [0.05, 0.1) is 0 Å². The van der Waals surface area contributed by atoms with Crippen LogP contribution in [0.25, 0.3) is 0 Å². The zero-order valence-electron chi connectivity index (χ0n) is 19.9. The van der Waals surface area contributed by atoms with Crippen molar-refractivity contribution in [3.05, 3.63) is 58.7 Å². The second kappa shape index (κ2) is 25.2. The smallest absolute Gasteiger partial charge is 2.00 e. The zero-order chi connectivity index (χ0) is 21.1. The molecule has 0 unspecified atom stereocenters. The number of rotatable bonds is 6. The minimum absolute atomic E-state index is 0. The van der Waals surface area contributed by atoms with Gasteiger partial charge in [-0.15, -0.1) is 25.3 Å². The number of benzene rings is 2. The van der Waals surface area contributed by atoms with Gasteiger partial charge in [0.2, 0.25) is 0 Å². The van der Waals surface area contributed by atoms with Crippen molar-refractivity contribution in [2.24, 2.45) is 0 Å². The van der Waals surface area contributed by atoms with Crippen molar-refractivity contribution in [1.82, 2.24) is 0 Å². The van der Waals surface area contributed by atoms with Crippen molar-refractivity contribution >= 4 is 96.7 Å². The van der Waals surface area contributed by atoms with Crippen LogP contribution in [0.2, 0.25) is 0 Å². The molecule has 2 N–H and O–H groups in total. The van der Waals surface area contributed by atoms with Crippen LogP contribution in [0.4, 0.5) is 11.4 Å². The molecule has 0 aliphatic carbocycles. The first-order valence-electron chi connectivity index (χ1n) is 9.59.